The van der Waals surface area contributed by atoms with Crippen molar-refractivity contribution in [2.45, 2.75) is 4.90 Å². The Morgan fingerprint density at radius 1 is 0.833 bits per heavy atom. The van der Waals surface area contributed by atoms with Gasteiger partial charge >= 0.3 is 0 Å². The standard InChI is InChI=1S/C24H24F2N2O7S/c1-32-16-6-9-21(33-2)20(12-16)28(14-24(29)27-19-8-5-15(25)11-18(19)26)36(30,31)17-7-10-22(34-3)23(13-17)35-4/h5-13H,14H2,1-4H3,(H,27,29). The van der Waals surface area contributed by atoms with E-state index in [2.05, 4.69) is 5.32 Å². The Morgan fingerprint density at radius 3 is 2.11 bits per heavy atom. The lowest BCUT2D eigenvalue weighted by atomic mass is 10.2. The third kappa shape index (κ3) is 5.60. The third-order valence-electron chi connectivity index (χ3n) is 5.09. The second-order valence-electron chi connectivity index (χ2n) is 7.24. The van der Waals surface area contributed by atoms with Gasteiger partial charge in [0.15, 0.2) is 11.5 Å². The maximum atomic E-state index is 14.1. The number of ether oxygens (including phenoxy) is 4. The summed E-state index contributed by atoms with van der Waals surface area (Å²) in [5.74, 6) is -1.88. The fraction of sp³-hybridized carbons (Fsp3) is 0.208. The molecule has 1 amide bonds. The van der Waals surface area contributed by atoms with Crippen molar-refractivity contribution in [3.63, 3.8) is 0 Å². The molecule has 192 valence electrons. The zero-order valence-electron chi connectivity index (χ0n) is 19.9. The van der Waals surface area contributed by atoms with Gasteiger partial charge in [0.05, 0.1) is 44.7 Å². The molecule has 0 aliphatic carbocycles. The van der Waals surface area contributed by atoms with Gasteiger partial charge < -0.3 is 24.3 Å². The van der Waals surface area contributed by atoms with Crippen LogP contribution in [0.1, 0.15) is 0 Å². The Balaban J connectivity index is 2.10. The predicted octanol–water partition coefficient (Wildman–Crippen LogP) is 3.83. The number of sulfonamides is 1. The van der Waals surface area contributed by atoms with E-state index in [0.717, 1.165) is 16.4 Å². The van der Waals surface area contributed by atoms with Crippen LogP contribution in [0.15, 0.2) is 59.5 Å². The largest absolute Gasteiger partial charge is 0.497 e. The zero-order chi connectivity index (χ0) is 26.5. The Morgan fingerprint density at radius 2 is 1.50 bits per heavy atom. The molecule has 0 aliphatic rings. The lowest BCUT2D eigenvalue weighted by Crippen LogP contribution is -2.38. The summed E-state index contributed by atoms with van der Waals surface area (Å²) >= 11 is 0. The van der Waals surface area contributed by atoms with Crippen molar-refractivity contribution in [1.29, 1.82) is 0 Å². The van der Waals surface area contributed by atoms with Crippen LogP contribution in [-0.4, -0.2) is 49.3 Å². The quantitative estimate of drug-likeness (QED) is 0.432. The Kier molecular flexibility index (Phi) is 8.20. The van der Waals surface area contributed by atoms with E-state index in [1.165, 1.54) is 58.8 Å². The number of hydrogen-bond acceptors (Lipinski definition) is 7. The molecule has 9 nitrogen and oxygen atoms in total. The average Bonchev–Trinajstić information content (AvgIpc) is 2.87. The molecule has 12 heteroatoms. The van der Waals surface area contributed by atoms with Gasteiger partial charge in [-0.25, -0.2) is 17.2 Å². The highest BCUT2D eigenvalue weighted by atomic mass is 32.2. The summed E-state index contributed by atoms with van der Waals surface area (Å²) in [5, 5.41) is 2.26. The highest BCUT2D eigenvalue weighted by Crippen LogP contribution is 2.37. The molecule has 0 spiro atoms. The van der Waals surface area contributed by atoms with E-state index in [9.17, 15) is 22.0 Å². The van der Waals surface area contributed by atoms with Crippen molar-refractivity contribution in [2.24, 2.45) is 0 Å². The molecule has 0 heterocycles. The normalized spacial score (nSPS) is 10.9. The summed E-state index contributed by atoms with van der Waals surface area (Å²) in [5.41, 5.74) is -0.330. The summed E-state index contributed by atoms with van der Waals surface area (Å²) in [6, 6.07) is 10.9. The monoisotopic (exact) mass is 522 g/mol. The molecule has 0 fully saturated rings. The number of anilines is 2. The van der Waals surface area contributed by atoms with Crippen LogP contribution in [0.3, 0.4) is 0 Å². The zero-order valence-corrected chi connectivity index (χ0v) is 20.7. The first kappa shape index (κ1) is 26.5. The van der Waals surface area contributed by atoms with Crippen molar-refractivity contribution in [2.75, 3.05) is 44.6 Å². The molecule has 3 aromatic rings. The van der Waals surface area contributed by atoms with Crippen LogP contribution in [0.2, 0.25) is 0 Å². The highest BCUT2D eigenvalue weighted by Gasteiger charge is 2.31. The van der Waals surface area contributed by atoms with Gasteiger partial charge in [-0.1, -0.05) is 0 Å². The Bertz CT molecular complexity index is 1370. The smallest absolute Gasteiger partial charge is 0.265 e. The maximum absolute atomic E-state index is 14.1. The number of hydrogen-bond donors (Lipinski definition) is 1. The van der Waals surface area contributed by atoms with E-state index >= 15 is 0 Å². The van der Waals surface area contributed by atoms with Crippen molar-refractivity contribution in [3.8, 4) is 23.0 Å². The summed E-state index contributed by atoms with van der Waals surface area (Å²) in [6.45, 7) is -0.781. The number of benzene rings is 3. The van der Waals surface area contributed by atoms with Gasteiger partial charge in [-0.3, -0.25) is 9.10 Å². The first-order valence-corrected chi connectivity index (χ1v) is 11.8. The second-order valence-corrected chi connectivity index (χ2v) is 9.10. The van der Waals surface area contributed by atoms with Crippen LogP contribution in [0.4, 0.5) is 20.2 Å². The summed E-state index contributed by atoms with van der Waals surface area (Å²) < 4.78 is 76.7. The fourth-order valence-electron chi connectivity index (χ4n) is 3.31. The molecule has 0 unspecified atom stereocenters. The van der Waals surface area contributed by atoms with Crippen LogP contribution in [-0.2, 0) is 14.8 Å². The number of halogens is 2. The molecule has 0 bridgehead atoms. The molecular formula is C24H24F2N2O7S. The minimum Gasteiger partial charge on any atom is -0.497 e. The number of carbonyl (C=O) groups excluding carboxylic acids is 1. The summed E-state index contributed by atoms with van der Waals surface area (Å²) in [4.78, 5) is 12.7. The number of amides is 1. The first-order valence-electron chi connectivity index (χ1n) is 10.4. The van der Waals surface area contributed by atoms with Crippen LogP contribution in [0, 0.1) is 11.6 Å². The van der Waals surface area contributed by atoms with Gasteiger partial charge in [-0.15, -0.1) is 0 Å². The molecule has 0 radical (unpaired) electrons. The summed E-state index contributed by atoms with van der Waals surface area (Å²) in [7, 11) is 1.05. The molecule has 0 saturated heterocycles. The number of nitrogens with one attached hydrogen (secondary N) is 1. The lowest BCUT2D eigenvalue weighted by Gasteiger charge is -2.26. The van der Waals surface area contributed by atoms with E-state index in [1.807, 2.05) is 0 Å². The molecule has 1 N–H and O–H groups in total. The number of methoxy groups -OCH3 is 4. The molecule has 36 heavy (non-hydrogen) atoms. The van der Waals surface area contributed by atoms with Gasteiger partial charge in [0.2, 0.25) is 5.91 Å². The molecule has 3 rings (SSSR count). The van der Waals surface area contributed by atoms with Crippen LogP contribution < -0.4 is 28.6 Å². The van der Waals surface area contributed by atoms with Gasteiger partial charge in [-0.05, 0) is 36.4 Å². The van der Waals surface area contributed by atoms with E-state index in [1.54, 1.807) is 6.07 Å². The van der Waals surface area contributed by atoms with Crippen molar-refractivity contribution in [3.05, 3.63) is 66.2 Å². The number of carbonyl (C=O) groups is 1. The molecular weight excluding hydrogens is 498 g/mol. The highest BCUT2D eigenvalue weighted by molar-refractivity contribution is 7.92. The lowest BCUT2D eigenvalue weighted by molar-refractivity contribution is -0.114. The molecule has 3 aromatic carbocycles. The first-order chi connectivity index (χ1) is 17.1. The van der Waals surface area contributed by atoms with Crippen molar-refractivity contribution < 1.29 is 40.9 Å². The minimum atomic E-state index is -4.43. The maximum Gasteiger partial charge on any atom is 0.265 e. The molecule has 0 saturated carbocycles. The fourth-order valence-corrected chi connectivity index (χ4v) is 4.75. The molecule has 0 aliphatic heterocycles. The van der Waals surface area contributed by atoms with E-state index < -0.39 is 34.1 Å². The summed E-state index contributed by atoms with van der Waals surface area (Å²) in [6.07, 6.45) is 0. The Hall–Kier alpha value is -4.06. The van der Waals surface area contributed by atoms with Crippen LogP contribution >= 0.6 is 0 Å². The molecule has 0 aromatic heterocycles. The van der Waals surface area contributed by atoms with Crippen LogP contribution in [0.5, 0.6) is 23.0 Å². The van der Waals surface area contributed by atoms with Gasteiger partial charge in [0.25, 0.3) is 10.0 Å². The van der Waals surface area contributed by atoms with Crippen molar-refractivity contribution >= 4 is 27.3 Å². The van der Waals surface area contributed by atoms with Gasteiger partial charge in [-0.2, -0.15) is 0 Å². The van der Waals surface area contributed by atoms with Gasteiger partial charge in [0, 0.05) is 18.2 Å². The van der Waals surface area contributed by atoms with Crippen LogP contribution in [0.25, 0.3) is 0 Å². The predicted molar refractivity (Wildman–Crippen MR) is 129 cm³/mol. The number of rotatable bonds is 10. The average molecular weight is 523 g/mol. The van der Waals surface area contributed by atoms with E-state index in [-0.39, 0.29) is 27.8 Å². The Labute approximate surface area is 207 Å². The van der Waals surface area contributed by atoms with E-state index in [4.69, 9.17) is 18.9 Å². The minimum absolute atomic E-state index is 0.0126. The molecule has 0 atom stereocenters. The third-order valence-corrected chi connectivity index (χ3v) is 6.85. The number of nitrogens with zero attached hydrogens (tertiary/aromatic N) is 1. The SMILES string of the molecule is COc1ccc(OC)c(N(CC(=O)Nc2ccc(F)cc2F)S(=O)(=O)c2ccc(OC)c(OC)c2)c1. The van der Waals surface area contributed by atoms with Crippen molar-refractivity contribution in [1.82, 2.24) is 0 Å². The second kappa shape index (κ2) is 11.1. The van der Waals surface area contributed by atoms with E-state index in [0.29, 0.717) is 17.6 Å². The topological polar surface area (TPSA) is 103 Å². The van der Waals surface area contributed by atoms with Gasteiger partial charge in [0.1, 0.15) is 29.7 Å².